The maximum absolute atomic E-state index is 12.6. The molecule has 0 aliphatic rings. The SMILES string of the molecule is Cc1cc(C)n(CCNC(=O)c2cc(NC(=O)C(C)C)n(-c3ccccc3)n2)n1. The van der Waals surface area contributed by atoms with Crippen LogP contribution in [0, 0.1) is 19.8 Å². The highest BCUT2D eigenvalue weighted by Crippen LogP contribution is 2.18. The second kappa shape index (κ2) is 8.72. The van der Waals surface area contributed by atoms with Crippen molar-refractivity contribution in [1.29, 1.82) is 0 Å². The van der Waals surface area contributed by atoms with Gasteiger partial charge in [-0.05, 0) is 32.0 Å². The summed E-state index contributed by atoms with van der Waals surface area (Å²) in [5.41, 5.74) is 2.99. The highest BCUT2D eigenvalue weighted by atomic mass is 16.2. The van der Waals surface area contributed by atoms with Crippen LogP contribution in [0.25, 0.3) is 5.69 Å². The average molecular weight is 394 g/mol. The number of nitrogens with zero attached hydrogens (tertiary/aromatic N) is 4. The number of hydrogen-bond acceptors (Lipinski definition) is 4. The number of para-hydroxylation sites is 1. The number of benzene rings is 1. The zero-order chi connectivity index (χ0) is 21.0. The highest BCUT2D eigenvalue weighted by molar-refractivity contribution is 5.96. The monoisotopic (exact) mass is 394 g/mol. The molecule has 0 radical (unpaired) electrons. The number of amides is 2. The van der Waals surface area contributed by atoms with Crippen molar-refractivity contribution in [3.63, 3.8) is 0 Å². The first-order chi connectivity index (χ1) is 13.8. The number of anilines is 1. The van der Waals surface area contributed by atoms with Gasteiger partial charge in [0, 0.05) is 24.2 Å². The lowest BCUT2D eigenvalue weighted by Crippen LogP contribution is -2.28. The molecule has 2 aromatic heterocycles. The molecule has 0 atom stereocenters. The van der Waals surface area contributed by atoms with E-state index in [1.54, 1.807) is 10.7 Å². The molecule has 0 saturated carbocycles. The fraction of sp³-hybridized carbons (Fsp3) is 0.333. The lowest BCUT2D eigenvalue weighted by Gasteiger charge is -2.10. The van der Waals surface area contributed by atoms with Gasteiger partial charge >= 0.3 is 0 Å². The van der Waals surface area contributed by atoms with E-state index in [0.717, 1.165) is 17.1 Å². The summed E-state index contributed by atoms with van der Waals surface area (Å²) in [4.78, 5) is 24.8. The third-order valence-electron chi connectivity index (χ3n) is 4.43. The smallest absolute Gasteiger partial charge is 0.271 e. The Morgan fingerprint density at radius 3 is 2.41 bits per heavy atom. The minimum atomic E-state index is -0.304. The number of aromatic nitrogens is 4. The second-order valence-electron chi connectivity index (χ2n) is 7.21. The van der Waals surface area contributed by atoms with E-state index < -0.39 is 0 Å². The van der Waals surface area contributed by atoms with Crippen molar-refractivity contribution in [3.8, 4) is 5.69 Å². The summed E-state index contributed by atoms with van der Waals surface area (Å²) in [5, 5.41) is 14.5. The number of nitrogens with one attached hydrogen (secondary N) is 2. The van der Waals surface area contributed by atoms with Crippen molar-refractivity contribution in [2.24, 2.45) is 5.92 Å². The Hall–Kier alpha value is -3.42. The fourth-order valence-electron chi connectivity index (χ4n) is 2.88. The summed E-state index contributed by atoms with van der Waals surface area (Å²) >= 11 is 0. The van der Waals surface area contributed by atoms with E-state index in [1.165, 1.54) is 0 Å². The molecule has 152 valence electrons. The Kier molecular flexibility index (Phi) is 6.11. The molecule has 0 aliphatic heterocycles. The third kappa shape index (κ3) is 4.90. The molecule has 8 nitrogen and oxygen atoms in total. The minimum Gasteiger partial charge on any atom is -0.349 e. The van der Waals surface area contributed by atoms with Crippen molar-refractivity contribution in [1.82, 2.24) is 24.9 Å². The zero-order valence-corrected chi connectivity index (χ0v) is 17.1. The predicted octanol–water partition coefficient (Wildman–Crippen LogP) is 2.71. The summed E-state index contributed by atoms with van der Waals surface area (Å²) in [6, 6.07) is 13.0. The van der Waals surface area contributed by atoms with Crippen LogP contribution in [-0.2, 0) is 11.3 Å². The molecule has 3 rings (SSSR count). The molecule has 0 fully saturated rings. The van der Waals surface area contributed by atoms with Gasteiger partial charge in [0.15, 0.2) is 5.69 Å². The van der Waals surface area contributed by atoms with Crippen molar-refractivity contribution in [2.45, 2.75) is 34.2 Å². The standard InChI is InChI=1S/C21H26N6O2/c1-14(2)20(28)23-19-13-18(25-27(19)17-8-6-5-7-9-17)21(29)22-10-11-26-16(4)12-15(3)24-26/h5-9,12-14H,10-11H2,1-4H3,(H,22,29)(H,23,28). The Bertz CT molecular complexity index is 1000. The van der Waals surface area contributed by atoms with E-state index in [-0.39, 0.29) is 23.4 Å². The van der Waals surface area contributed by atoms with Crippen LogP contribution < -0.4 is 10.6 Å². The van der Waals surface area contributed by atoms with Crippen molar-refractivity contribution >= 4 is 17.6 Å². The molecule has 0 bridgehead atoms. The van der Waals surface area contributed by atoms with Gasteiger partial charge in [0.2, 0.25) is 5.91 Å². The number of rotatable bonds is 7. The largest absolute Gasteiger partial charge is 0.349 e. The Morgan fingerprint density at radius 2 is 1.79 bits per heavy atom. The van der Waals surface area contributed by atoms with Crippen LogP contribution >= 0.6 is 0 Å². The summed E-state index contributed by atoms with van der Waals surface area (Å²) in [5.74, 6) is -0.175. The molecular formula is C21H26N6O2. The molecule has 2 N–H and O–H groups in total. The molecule has 1 aromatic carbocycles. The molecule has 0 aliphatic carbocycles. The van der Waals surface area contributed by atoms with Crippen molar-refractivity contribution < 1.29 is 9.59 Å². The van der Waals surface area contributed by atoms with E-state index in [4.69, 9.17) is 0 Å². The molecule has 8 heteroatoms. The van der Waals surface area contributed by atoms with Crippen LogP contribution in [0.5, 0.6) is 0 Å². The maximum atomic E-state index is 12.6. The van der Waals surface area contributed by atoms with E-state index in [9.17, 15) is 9.59 Å². The number of carbonyl (C=O) groups excluding carboxylic acids is 2. The van der Waals surface area contributed by atoms with Gasteiger partial charge in [0.05, 0.1) is 17.9 Å². The number of aryl methyl sites for hydroxylation is 2. The van der Waals surface area contributed by atoms with Crippen LogP contribution in [0.3, 0.4) is 0 Å². The molecular weight excluding hydrogens is 368 g/mol. The Labute approximate surface area is 169 Å². The van der Waals surface area contributed by atoms with Gasteiger partial charge in [0.1, 0.15) is 5.82 Å². The van der Waals surface area contributed by atoms with Crippen molar-refractivity contribution in [2.75, 3.05) is 11.9 Å². The van der Waals surface area contributed by atoms with Gasteiger partial charge in [-0.3, -0.25) is 14.3 Å². The van der Waals surface area contributed by atoms with Crippen LogP contribution in [0.2, 0.25) is 0 Å². The number of hydrogen-bond donors (Lipinski definition) is 2. The summed E-state index contributed by atoms with van der Waals surface area (Å²) < 4.78 is 3.42. The van der Waals surface area contributed by atoms with Crippen LogP contribution in [0.4, 0.5) is 5.82 Å². The molecule has 0 spiro atoms. The van der Waals surface area contributed by atoms with Crippen LogP contribution in [0.1, 0.15) is 35.7 Å². The predicted molar refractivity (Wildman–Crippen MR) is 111 cm³/mol. The van der Waals surface area contributed by atoms with Gasteiger partial charge in [-0.2, -0.15) is 10.2 Å². The second-order valence-corrected chi connectivity index (χ2v) is 7.21. The van der Waals surface area contributed by atoms with E-state index in [0.29, 0.717) is 18.9 Å². The fourth-order valence-corrected chi connectivity index (χ4v) is 2.88. The average Bonchev–Trinajstić information content (AvgIpc) is 3.25. The number of carbonyl (C=O) groups is 2. The molecule has 3 aromatic rings. The molecule has 29 heavy (non-hydrogen) atoms. The quantitative estimate of drug-likeness (QED) is 0.644. The van der Waals surface area contributed by atoms with Crippen LogP contribution in [0.15, 0.2) is 42.5 Å². The van der Waals surface area contributed by atoms with Crippen LogP contribution in [-0.4, -0.2) is 37.9 Å². The van der Waals surface area contributed by atoms with Gasteiger partial charge in [-0.15, -0.1) is 0 Å². The zero-order valence-electron chi connectivity index (χ0n) is 17.1. The first-order valence-corrected chi connectivity index (χ1v) is 9.60. The summed E-state index contributed by atoms with van der Waals surface area (Å²) in [6.45, 7) is 8.53. The normalized spacial score (nSPS) is 10.9. The van der Waals surface area contributed by atoms with Gasteiger partial charge in [-0.1, -0.05) is 32.0 Å². The van der Waals surface area contributed by atoms with Crippen molar-refractivity contribution in [3.05, 3.63) is 59.5 Å². The third-order valence-corrected chi connectivity index (χ3v) is 4.43. The van der Waals surface area contributed by atoms with Gasteiger partial charge in [-0.25, -0.2) is 4.68 Å². The minimum absolute atomic E-state index is 0.140. The lowest BCUT2D eigenvalue weighted by atomic mass is 10.2. The van der Waals surface area contributed by atoms with Gasteiger partial charge < -0.3 is 10.6 Å². The first-order valence-electron chi connectivity index (χ1n) is 9.60. The van der Waals surface area contributed by atoms with E-state index in [2.05, 4.69) is 20.8 Å². The highest BCUT2D eigenvalue weighted by Gasteiger charge is 2.18. The van der Waals surface area contributed by atoms with Gasteiger partial charge in [0.25, 0.3) is 5.91 Å². The van der Waals surface area contributed by atoms with E-state index in [1.807, 2.05) is 68.8 Å². The molecule has 0 saturated heterocycles. The molecule has 0 unspecified atom stereocenters. The van der Waals surface area contributed by atoms with E-state index >= 15 is 0 Å². The summed E-state index contributed by atoms with van der Waals surface area (Å²) in [7, 11) is 0. The lowest BCUT2D eigenvalue weighted by molar-refractivity contribution is -0.118. The topological polar surface area (TPSA) is 93.8 Å². The first kappa shape index (κ1) is 20.3. The molecule has 2 heterocycles. The summed E-state index contributed by atoms with van der Waals surface area (Å²) in [6.07, 6.45) is 0. The Morgan fingerprint density at radius 1 is 1.07 bits per heavy atom. The Balaban J connectivity index is 1.75. The maximum Gasteiger partial charge on any atom is 0.271 e. The molecule has 2 amide bonds.